The molecule has 0 saturated carbocycles. The summed E-state index contributed by atoms with van der Waals surface area (Å²) in [5.74, 6) is -1.04. The van der Waals surface area contributed by atoms with Gasteiger partial charge in [-0.05, 0) is 44.9 Å². The molecule has 0 aromatic rings. The molecule has 220 valence electrons. The quantitative estimate of drug-likeness (QED) is 0.0511. The van der Waals surface area contributed by atoms with Crippen molar-refractivity contribution in [2.45, 2.75) is 123 Å². The third-order valence-electron chi connectivity index (χ3n) is 5.66. The van der Waals surface area contributed by atoms with E-state index in [2.05, 4.69) is 30.5 Å². The number of carbonyl (C=O) groups excluding carboxylic acids is 2. The van der Waals surface area contributed by atoms with Gasteiger partial charge in [-0.1, -0.05) is 95.2 Å². The maximum atomic E-state index is 12.2. The fourth-order valence-corrected chi connectivity index (χ4v) is 3.86. The smallest absolute Gasteiger partial charge is 0.462 e. The lowest BCUT2D eigenvalue weighted by Crippen LogP contribution is -2.29. The van der Waals surface area contributed by atoms with Gasteiger partial charge >= 0.3 is 19.8 Å². The van der Waals surface area contributed by atoms with Crippen molar-refractivity contribution in [2.24, 2.45) is 0 Å². The van der Waals surface area contributed by atoms with Crippen LogP contribution in [-0.4, -0.2) is 41.0 Å². The summed E-state index contributed by atoms with van der Waals surface area (Å²) in [6, 6.07) is 0. The van der Waals surface area contributed by atoms with Gasteiger partial charge in [0, 0.05) is 12.8 Å². The van der Waals surface area contributed by atoms with Crippen LogP contribution in [0.2, 0.25) is 0 Å². The summed E-state index contributed by atoms with van der Waals surface area (Å²) in [5.41, 5.74) is 0. The average molecular weight is 559 g/mol. The molecule has 0 spiro atoms. The number of unbranched alkanes of at least 4 members (excludes halogenated alkanes) is 9. The maximum absolute atomic E-state index is 12.2. The van der Waals surface area contributed by atoms with E-state index in [1.807, 2.05) is 24.3 Å². The number of hydrogen-bond acceptors (Lipinski definition) is 6. The Balaban J connectivity index is 4.23. The summed E-state index contributed by atoms with van der Waals surface area (Å²) in [6.07, 6.45) is 26.4. The third kappa shape index (κ3) is 27.3. The Morgan fingerprint density at radius 1 is 0.684 bits per heavy atom. The predicted octanol–water partition coefficient (Wildman–Crippen LogP) is 7.50. The standard InChI is InChI=1S/C29H51O8P/c1-3-5-7-9-11-12-13-14-15-16-18-20-22-24-29(31)37-27(26-36-38(32,33)34)25-35-28(30)23-21-19-17-10-8-6-4-2/h14-15,17-20,27H,3-13,16,21-26H2,1-2H3,(H2,32,33,34)/b15-14+,19-17+,20-18+. The maximum Gasteiger partial charge on any atom is 0.469 e. The number of esters is 2. The van der Waals surface area contributed by atoms with Crippen molar-refractivity contribution >= 4 is 19.8 Å². The zero-order valence-electron chi connectivity index (χ0n) is 23.6. The molecule has 0 aliphatic carbocycles. The number of phosphoric acid groups is 1. The lowest BCUT2D eigenvalue weighted by molar-refractivity contribution is -0.161. The number of hydrogen-bond donors (Lipinski definition) is 2. The first-order chi connectivity index (χ1) is 18.3. The molecule has 1 atom stereocenters. The number of phosphoric ester groups is 1. The largest absolute Gasteiger partial charge is 0.469 e. The van der Waals surface area contributed by atoms with Gasteiger partial charge in [-0.15, -0.1) is 0 Å². The van der Waals surface area contributed by atoms with Crippen molar-refractivity contribution < 1.29 is 37.9 Å². The highest BCUT2D eigenvalue weighted by atomic mass is 31.2. The van der Waals surface area contributed by atoms with E-state index < -0.39 is 32.5 Å². The van der Waals surface area contributed by atoms with Crippen molar-refractivity contribution in [1.29, 1.82) is 0 Å². The van der Waals surface area contributed by atoms with Gasteiger partial charge in [0.2, 0.25) is 0 Å². The lowest BCUT2D eigenvalue weighted by atomic mass is 10.1. The van der Waals surface area contributed by atoms with Crippen LogP contribution in [0.5, 0.6) is 0 Å². The highest BCUT2D eigenvalue weighted by molar-refractivity contribution is 7.46. The molecular formula is C29H51O8P. The zero-order valence-corrected chi connectivity index (χ0v) is 24.5. The molecule has 0 bridgehead atoms. The molecule has 38 heavy (non-hydrogen) atoms. The molecule has 0 radical (unpaired) electrons. The van der Waals surface area contributed by atoms with Crippen molar-refractivity contribution in [1.82, 2.24) is 0 Å². The molecule has 0 heterocycles. The number of rotatable bonds is 25. The van der Waals surface area contributed by atoms with Crippen LogP contribution in [0.3, 0.4) is 0 Å². The summed E-state index contributed by atoms with van der Waals surface area (Å²) < 4.78 is 25.9. The molecule has 0 aromatic carbocycles. The Bertz CT molecular complexity index is 726. The first-order valence-electron chi connectivity index (χ1n) is 14.3. The molecule has 9 heteroatoms. The van der Waals surface area contributed by atoms with E-state index in [1.54, 1.807) is 0 Å². The van der Waals surface area contributed by atoms with Crippen LogP contribution in [0.1, 0.15) is 117 Å². The van der Waals surface area contributed by atoms with Gasteiger partial charge in [0.1, 0.15) is 6.61 Å². The summed E-state index contributed by atoms with van der Waals surface area (Å²) in [4.78, 5) is 42.1. The minimum atomic E-state index is -4.75. The summed E-state index contributed by atoms with van der Waals surface area (Å²) >= 11 is 0. The molecule has 0 aliphatic heterocycles. The van der Waals surface area contributed by atoms with Crippen LogP contribution in [0.25, 0.3) is 0 Å². The fourth-order valence-electron chi connectivity index (χ4n) is 3.50. The van der Waals surface area contributed by atoms with Crippen molar-refractivity contribution in [2.75, 3.05) is 13.2 Å². The van der Waals surface area contributed by atoms with Gasteiger partial charge in [0.15, 0.2) is 6.10 Å². The van der Waals surface area contributed by atoms with E-state index in [1.165, 1.54) is 44.9 Å². The van der Waals surface area contributed by atoms with Crippen LogP contribution in [0.4, 0.5) is 0 Å². The summed E-state index contributed by atoms with van der Waals surface area (Å²) in [5, 5.41) is 0. The molecule has 0 amide bonds. The second-order valence-electron chi connectivity index (χ2n) is 9.36. The van der Waals surface area contributed by atoms with E-state index in [4.69, 9.17) is 19.3 Å². The number of allylic oxidation sites excluding steroid dienone is 6. The topological polar surface area (TPSA) is 119 Å². The Kier molecular flexibility index (Phi) is 24.4. The summed E-state index contributed by atoms with van der Waals surface area (Å²) in [7, 11) is -4.75. The van der Waals surface area contributed by atoms with Gasteiger partial charge in [-0.25, -0.2) is 4.57 Å². The minimum absolute atomic E-state index is 0.0984. The van der Waals surface area contributed by atoms with E-state index in [-0.39, 0.29) is 19.4 Å². The van der Waals surface area contributed by atoms with Gasteiger partial charge < -0.3 is 19.3 Å². The molecule has 8 nitrogen and oxygen atoms in total. The van der Waals surface area contributed by atoms with E-state index >= 15 is 0 Å². The van der Waals surface area contributed by atoms with Crippen LogP contribution < -0.4 is 0 Å². The molecule has 2 N–H and O–H groups in total. The molecule has 0 aliphatic rings. The van der Waals surface area contributed by atoms with Crippen LogP contribution in [0, 0.1) is 0 Å². The zero-order chi connectivity index (χ0) is 28.3. The second kappa shape index (κ2) is 25.5. The third-order valence-corrected chi connectivity index (χ3v) is 6.14. The molecule has 0 saturated heterocycles. The number of carbonyl (C=O) groups is 2. The Labute approximate surface area is 230 Å². The SMILES string of the molecule is CCCCC/C=C/CCC(=O)OCC(COP(=O)(O)O)OC(=O)CC/C=C/C/C=C/CCCCCCCC. The summed E-state index contributed by atoms with van der Waals surface area (Å²) in [6.45, 7) is 3.46. The van der Waals surface area contributed by atoms with Crippen molar-refractivity contribution in [3.8, 4) is 0 Å². The van der Waals surface area contributed by atoms with Gasteiger partial charge in [0.25, 0.3) is 0 Å². The first kappa shape index (κ1) is 36.3. The van der Waals surface area contributed by atoms with Gasteiger partial charge in [-0.3, -0.25) is 14.1 Å². The minimum Gasteiger partial charge on any atom is -0.462 e. The Hall–Kier alpha value is -1.73. The lowest BCUT2D eigenvalue weighted by Gasteiger charge is -2.18. The monoisotopic (exact) mass is 558 g/mol. The van der Waals surface area contributed by atoms with Crippen LogP contribution in [0.15, 0.2) is 36.5 Å². The first-order valence-corrected chi connectivity index (χ1v) is 15.8. The molecule has 0 fully saturated rings. The predicted molar refractivity (Wildman–Crippen MR) is 151 cm³/mol. The molecule has 0 rings (SSSR count). The van der Waals surface area contributed by atoms with Gasteiger partial charge in [-0.2, -0.15) is 0 Å². The van der Waals surface area contributed by atoms with Crippen molar-refractivity contribution in [3.05, 3.63) is 36.5 Å². The van der Waals surface area contributed by atoms with E-state index in [9.17, 15) is 14.2 Å². The number of ether oxygens (including phenoxy) is 2. The van der Waals surface area contributed by atoms with Crippen molar-refractivity contribution in [3.63, 3.8) is 0 Å². The van der Waals surface area contributed by atoms with Crippen LogP contribution in [-0.2, 0) is 28.2 Å². The highest BCUT2D eigenvalue weighted by Gasteiger charge is 2.22. The fraction of sp³-hybridized carbons (Fsp3) is 0.724. The Morgan fingerprint density at radius 3 is 1.84 bits per heavy atom. The van der Waals surface area contributed by atoms with E-state index in [0.29, 0.717) is 12.8 Å². The molecule has 1 unspecified atom stereocenters. The molecular weight excluding hydrogens is 507 g/mol. The highest BCUT2D eigenvalue weighted by Crippen LogP contribution is 2.35. The van der Waals surface area contributed by atoms with Crippen LogP contribution >= 0.6 is 7.82 Å². The normalized spacial score (nSPS) is 13.1. The van der Waals surface area contributed by atoms with Gasteiger partial charge in [0.05, 0.1) is 6.61 Å². The molecule has 0 aromatic heterocycles. The second-order valence-corrected chi connectivity index (χ2v) is 10.6. The van der Waals surface area contributed by atoms with E-state index in [0.717, 1.165) is 32.1 Å². The Morgan fingerprint density at radius 2 is 1.18 bits per heavy atom. The average Bonchev–Trinajstić information content (AvgIpc) is 2.87.